The number of nitrogens with two attached hydrogens (primary N) is 1. The molecule has 3 N–H and O–H groups in total. The van der Waals surface area contributed by atoms with E-state index in [1.54, 1.807) is 24.0 Å². The molecule has 0 aliphatic rings. The van der Waals surface area contributed by atoms with Gasteiger partial charge in [0, 0.05) is 25.0 Å². The number of thioether (sulfide) groups is 1. The Kier molecular flexibility index (Phi) is 4.61. The molecular weight excluding hydrogens is 220 g/mol. The normalized spacial score (nSPS) is 12.2. The molecule has 0 aromatic carbocycles. The molecule has 1 aromatic rings. The van der Waals surface area contributed by atoms with Gasteiger partial charge in [-0.25, -0.2) is 4.98 Å². The maximum absolute atomic E-state index is 7.52. The molecule has 1 heterocycles. The van der Waals surface area contributed by atoms with E-state index in [4.69, 9.17) is 11.1 Å². The van der Waals surface area contributed by atoms with Crippen molar-refractivity contribution in [1.29, 1.82) is 5.41 Å². The van der Waals surface area contributed by atoms with Crippen LogP contribution in [-0.2, 0) is 0 Å². The molecule has 0 bridgehead atoms. The second kappa shape index (κ2) is 5.75. The first kappa shape index (κ1) is 12.8. The fourth-order valence-electron chi connectivity index (χ4n) is 1.45. The van der Waals surface area contributed by atoms with E-state index in [9.17, 15) is 0 Å². The van der Waals surface area contributed by atoms with Gasteiger partial charge in [0.1, 0.15) is 11.7 Å². The summed E-state index contributed by atoms with van der Waals surface area (Å²) in [4.78, 5) is 6.36. The summed E-state index contributed by atoms with van der Waals surface area (Å²) in [6.45, 7) is 2.13. The second-order valence-corrected chi connectivity index (χ2v) is 4.61. The van der Waals surface area contributed by atoms with Gasteiger partial charge in [0.25, 0.3) is 0 Å². The minimum Gasteiger partial charge on any atom is -0.384 e. The highest BCUT2D eigenvalue weighted by Crippen LogP contribution is 2.18. The summed E-state index contributed by atoms with van der Waals surface area (Å²) < 4.78 is 0. The molecule has 88 valence electrons. The van der Waals surface area contributed by atoms with Crippen molar-refractivity contribution in [3.63, 3.8) is 0 Å². The Morgan fingerprint density at radius 1 is 1.69 bits per heavy atom. The van der Waals surface area contributed by atoms with Gasteiger partial charge < -0.3 is 10.6 Å². The molecule has 0 saturated heterocycles. The third kappa shape index (κ3) is 2.88. The zero-order valence-corrected chi connectivity index (χ0v) is 10.7. The van der Waals surface area contributed by atoms with Gasteiger partial charge in [-0.15, -0.1) is 0 Å². The van der Waals surface area contributed by atoms with Crippen molar-refractivity contribution in [2.75, 3.05) is 24.0 Å². The van der Waals surface area contributed by atoms with Crippen LogP contribution >= 0.6 is 11.8 Å². The Hall–Kier alpha value is -1.23. The zero-order chi connectivity index (χ0) is 12.1. The van der Waals surface area contributed by atoms with Crippen LogP contribution in [0.15, 0.2) is 18.3 Å². The van der Waals surface area contributed by atoms with Crippen molar-refractivity contribution in [3.05, 3.63) is 23.9 Å². The van der Waals surface area contributed by atoms with Crippen LogP contribution in [0.25, 0.3) is 0 Å². The predicted octanol–water partition coefficient (Wildman–Crippen LogP) is 1.55. The Balaban J connectivity index is 2.98. The summed E-state index contributed by atoms with van der Waals surface area (Å²) in [7, 11) is 1.98. The summed E-state index contributed by atoms with van der Waals surface area (Å²) >= 11 is 1.79. The van der Waals surface area contributed by atoms with Crippen LogP contribution < -0.4 is 10.6 Å². The number of amidine groups is 1. The first-order valence-corrected chi connectivity index (χ1v) is 6.48. The van der Waals surface area contributed by atoms with Gasteiger partial charge in [-0.1, -0.05) is 0 Å². The lowest BCUT2D eigenvalue weighted by molar-refractivity contribution is 0.752. The quantitative estimate of drug-likeness (QED) is 0.603. The topological polar surface area (TPSA) is 66.0 Å². The van der Waals surface area contributed by atoms with Gasteiger partial charge in [-0.2, -0.15) is 11.8 Å². The third-order valence-corrected chi connectivity index (χ3v) is 3.30. The van der Waals surface area contributed by atoms with Crippen molar-refractivity contribution in [2.24, 2.45) is 5.73 Å². The first-order valence-electron chi connectivity index (χ1n) is 5.09. The van der Waals surface area contributed by atoms with Gasteiger partial charge in [0.15, 0.2) is 0 Å². The van der Waals surface area contributed by atoms with Gasteiger partial charge in [-0.05, 0) is 25.3 Å². The lowest BCUT2D eigenvalue weighted by Gasteiger charge is -2.26. The van der Waals surface area contributed by atoms with Crippen LogP contribution in [-0.4, -0.2) is 35.9 Å². The number of anilines is 1. The summed E-state index contributed by atoms with van der Waals surface area (Å²) in [6, 6.07) is 3.99. The van der Waals surface area contributed by atoms with E-state index in [0.717, 1.165) is 11.6 Å². The highest BCUT2D eigenvalue weighted by Gasteiger charge is 2.15. The molecule has 0 aliphatic carbocycles. The molecule has 0 amide bonds. The van der Waals surface area contributed by atoms with E-state index in [2.05, 4.69) is 23.1 Å². The zero-order valence-electron chi connectivity index (χ0n) is 9.90. The average molecular weight is 238 g/mol. The Morgan fingerprint density at radius 3 is 2.94 bits per heavy atom. The second-order valence-electron chi connectivity index (χ2n) is 3.70. The van der Waals surface area contributed by atoms with Gasteiger partial charge >= 0.3 is 0 Å². The number of rotatable bonds is 5. The third-order valence-electron chi connectivity index (χ3n) is 2.48. The van der Waals surface area contributed by atoms with Crippen molar-refractivity contribution in [2.45, 2.75) is 13.0 Å². The summed E-state index contributed by atoms with van der Waals surface area (Å²) in [5.41, 5.74) is 6.23. The maximum Gasteiger partial charge on any atom is 0.139 e. The van der Waals surface area contributed by atoms with Crippen LogP contribution in [0.5, 0.6) is 0 Å². The van der Waals surface area contributed by atoms with Crippen molar-refractivity contribution >= 4 is 23.4 Å². The van der Waals surface area contributed by atoms with E-state index >= 15 is 0 Å². The molecule has 1 aromatic heterocycles. The van der Waals surface area contributed by atoms with E-state index in [1.807, 2.05) is 13.1 Å². The SMILES string of the molecule is CSCC(C)N(C)c1ncccc1C(=N)N. The average Bonchev–Trinajstić information content (AvgIpc) is 2.28. The molecule has 16 heavy (non-hydrogen) atoms. The summed E-state index contributed by atoms with van der Waals surface area (Å²) in [5.74, 6) is 1.85. The van der Waals surface area contributed by atoms with Gasteiger partial charge in [-0.3, -0.25) is 5.41 Å². The lowest BCUT2D eigenvalue weighted by Crippen LogP contribution is -2.33. The molecule has 0 fully saturated rings. The number of nitrogens with one attached hydrogen (secondary N) is 1. The van der Waals surface area contributed by atoms with Crippen LogP contribution in [0, 0.1) is 5.41 Å². The minimum absolute atomic E-state index is 0.0614. The van der Waals surface area contributed by atoms with Crippen molar-refractivity contribution < 1.29 is 0 Å². The van der Waals surface area contributed by atoms with Crippen LogP contribution in [0.3, 0.4) is 0 Å². The number of hydrogen-bond donors (Lipinski definition) is 2. The number of nitrogen functional groups attached to an aromatic ring is 1. The van der Waals surface area contributed by atoms with E-state index in [1.165, 1.54) is 0 Å². The van der Waals surface area contributed by atoms with Crippen molar-refractivity contribution in [3.8, 4) is 0 Å². The molecule has 5 heteroatoms. The fourth-order valence-corrected chi connectivity index (χ4v) is 2.16. The van der Waals surface area contributed by atoms with Gasteiger partial charge in [0.2, 0.25) is 0 Å². The highest BCUT2D eigenvalue weighted by atomic mass is 32.2. The largest absolute Gasteiger partial charge is 0.384 e. The van der Waals surface area contributed by atoms with E-state index in [0.29, 0.717) is 11.6 Å². The molecule has 0 saturated carbocycles. The minimum atomic E-state index is 0.0614. The number of aromatic nitrogens is 1. The Bertz CT molecular complexity index is 367. The number of pyridine rings is 1. The van der Waals surface area contributed by atoms with E-state index in [-0.39, 0.29) is 5.84 Å². The molecule has 0 radical (unpaired) electrons. The summed E-state index contributed by atoms with van der Waals surface area (Å²) in [6.07, 6.45) is 3.80. The van der Waals surface area contributed by atoms with E-state index < -0.39 is 0 Å². The number of nitrogens with zero attached hydrogens (tertiary/aromatic N) is 2. The monoisotopic (exact) mass is 238 g/mol. The lowest BCUT2D eigenvalue weighted by atomic mass is 10.2. The standard InChI is InChI=1S/C11H18N4S/c1-8(7-16-3)15(2)11-9(10(12)13)5-4-6-14-11/h4-6,8H,7H2,1-3H3,(H3,12,13). The molecule has 0 spiro atoms. The first-order chi connectivity index (χ1) is 7.57. The smallest absolute Gasteiger partial charge is 0.139 e. The van der Waals surface area contributed by atoms with Gasteiger partial charge in [0.05, 0.1) is 5.56 Å². The predicted molar refractivity (Wildman–Crippen MR) is 71.5 cm³/mol. The molecule has 1 rings (SSSR count). The van der Waals surface area contributed by atoms with Crippen LogP contribution in [0.4, 0.5) is 5.82 Å². The molecule has 0 aliphatic heterocycles. The molecule has 1 unspecified atom stereocenters. The summed E-state index contributed by atoms with van der Waals surface area (Å²) in [5, 5.41) is 7.52. The molecule has 1 atom stereocenters. The Labute approximate surface area is 101 Å². The maximum atomic E-state index is 7.52. The van der Waals surface area contributed by atoms with Crippen LogP contribution in [0.2, 0.25) is 0 Å². The number of hydrogen-bond acceptors (Lipinski definition) is 4. The molecular formula is C11H18N4S. The Morgan fingerprint density at radius 2 is 2.38 bits per heavy atom. The van der Waals surface area contributed by atoms with Crippen LogP contribution in [0.1, 0.15) is 12.5 Å². The highest BCUT2D eigenvalue weighted by molar-refractivity contribution is 7.98. The van der Waals surface area contributed by atoms with Crippen molar-refractivity contribution in [1.82, 2.24) is 4.98 Å². The fraction of sp³-hybridized carbons (Fsp3) is 0.455. The molecule has 4 nitrogen and oxygen atoms in total.